The highest BCUT2D eigenvalue weighted by Gasteiger charge is 2.17. The summed E-state index contributed by atoms with van der Waals surface area (Å²) < 4.78 is 2.02. The summed E-state index contributed by atoms with van der Waals surface area (Å²) in [7, 11) is 0. The molecule has 0 bridgehead atoms. The highest BCUT2D eigenvalue weighted by Crippen LogP contribution is 2.24. The van der Waals surface area contributed by atoms with Crippen LogP contribution < -0.4 is 5.32 Å². The first kappa shape index (κ1) is 14.7. The highest BCUT2D eigenvalue weighted by atomic mass is 15.3. The van der Waals surface area contributed by atoms with Crippen molar-refractivity contribution in [3.8, 4) is 0 Å². The topological polar surface area (TPSA) is 42.7 Å². The molecule has 0 aliphatic rings. The van der Waals surface area contributed by atoms with Gasteiger partial charge in [-0.3, -0.25) is 9.67 Å². The summed E-state index contributed by atoms with van der Waals surface area (Å²) in [5, 5.41) is 8.07. The summed E-state index contributed by atoms with van der Waals surface area (Å²) in [6.45, 7) is 8.42. The van der Waals surface area contributed by atoms with Crippen molar-refractivity contribution in [1.29, 1.82) is 0 Å². The van der Waals surface area contributed by atoms with Gasteiger partial charge in [-0.2, -0.15) is 5.10 Å². The molecule has 2 aromatic rings. The average Bonchev–Trinajstić information content (AvgIpc) is 2.90. The van der Waals surface area contributed by atoms with Crippen molar-refractivity contribution in [2.24, 2.45) is 0 Å². The second-order valence-electron chi connectivity index (χ2n) is 5.16. The number of aromatic nitrogens is 3. The molecule has 20 heavy (non-hydrogen) atoms. The van der Waals surface area contributed by atoms with Crippen molar-refractivity contribution in [3.63, 3.8) is 0 Å². The molecule has 0 saturated heterocycles. The molecule has 0 saturated carbocycles. The predicted molar refractivity (Wildman–Crippen MR) is 81.6 cm³/mol. The smallest absolute Gasteiger partial charge is 0.0611 e. The molecule has 4 heteroatoms. The molecule has 2 rings (SSSR count). The lowest BCUT2D eigenvalue weighted by Crippen LogP contribution is -2.23. The molecule has 1 unspecified atom stereocenters. The van der Waals surface area contributed by atoms with Crippen molar-refractivity contribution in [1.82, 2.24) is 20.1 Å². The summed E-state index contributed by atoms with van der Waals surface area (Å²) >= 11 is 0. The average molecular weight is 272 g/mol. The summed E-state index contributed by atoms with van der Waals surface area (Å²) in [6, 6.07) is 2.29. The minimum atomic E-state index is 0.198. The molecular weight excluding hydrogens is 248 g/mol. The van der Waals surface area contributed by atoms with Crippen LogP contribution in [0.3, 0.4) is 0 Å². The Hall–Kier alpha value is -1.68. The number of hydrogen-bond acceptors (Lipinski definition) is 3. The monoisotopic (exact) mass is 272 g/mol. The van der Waals surface area contributed by atoms with Crippen LogP contribution in [0.15, 0.2) is 30.9 Å². The van der Waals surface area contributed by atoms with E-state index in [1.54, 1.807) is 0 Å². The molecule has 1 atom stereocenters. The third-order valence-corrected chi connectivity index (χ3v) is 3.41. The van der Waals surface area contributed by atoms with Crippen LogP contribution in [0.4, 0.5) is 0 Å². The molecule has 0 amide bonds. The maximum atomic E-state index is 4.45. The Morgan fingerprint density at radius 1 is 1.25 bits per heavy atom. The molecule has 0 aromatic carbocycles. The number of nitrogens with zero attached hydrogens (tertiary/aromatic N) is 3. The van der Waals surface area contributed by atoms with Crippen molar-refractivity contribution in [3.05, 3.63) is 47.5 Å². The zero-order chi connectivity index (χ0) is 14.4. The van der Waals surface area contributed by atoms with Gasteiger partial charge in [0.25, 0.3) is 0 Å². The van der Waals surface area contributed by atoms with Crippen molar-refractivity contribution in [2.45, 2.75) is 46.2 Å². The fraction of sp³-hybridized carbons (Fsp3) is 0.500. The summed E-state index contributed by atoms with van der Waals surface area (Å²) in [4.78, 5) is 4.19. The van der Waals surface area contributed by atoms with E-state index in [-0.39, 0.29) is 6.04 Å². The molecule has 4 nitrogen and oxygen atoms in total. The van der Waals surface area contributed by atoms with E-state index in [1.165, 1.54) is 16.7 Å². The van der Waals surface area contributed by atoms with Gasteiger partial charge in [-0.05, 0) is 43.5 Å². The van der Waals surface area contributed by atoms with Crippen LogP contribution in [0.5, 0.6) is 0 Å². The minimum Gasteiger partial charge on any atom is -0.306 e. The molecule has 0 radical (unpaired) electrons. The Balaban J connectivity index is 2.29. The lowest BCUT2D eigenvalue weighted by Gasteiger charge is -2.19. The van der Waals surface area contributed by atoms with Crippen molar-refractivity contribution in [2.75, 3.05) is 6.54 Å². The van der Waals surface area contributed by atoms with Crippen LogP contribution in [0.1, 0.15) is 49.4 Å². The molecular formula is C16H24N4. The van der Waals surface area contributed by atoms with Gasteiger partial charge < -0.3 is 5.32 Å². The zero-order valence-electron chi connectivity index (χ0n) is 12.6. The van der Waals surface area contributed by atoms with Gasteiger partial charge in [0.2, 0.25) is 0 Å². The first-order valence-corrected chi connectivity index (χ1v) is 7.42. The van der Waals surface area contributed by atoms with Gasteiger partial charge in [0.1, 0.15) is 0 Å². The maximum Gasteiger partial charge on any atom is 0.0611 e. The third kappa shape index (κ3) is 3.45. The maximum absolute atomic E-state index is 4.45. The number of hydrogen-bond donors (Lipinski definition) is 1. The zero-order valence-corrected chi connectivity index (χ0v) is 12.6. The van der Waals surface area contributed by atoms with E-state index in [0.29, 0.717) is 0 Å². The summed E-state index contributed by atoms with van der Waals surface area (Å²) in [6.07, 6.45) is 10.1. The lowest BCUT2D eigenvalue weighted by molar-refractivity contribution is 0.586. The fourth-order valence-electron chi connectivity index (χ4n) is 2.38. The summed E-state index contributed by atoms with van der Waals surface area (Å²) in [5.74, 6) is 0. The van der Waals surface area contributed by atoms with Crippen LogP contribution in [0.2, 0.25) is 0 Å². The quantitative estimate of drug-likeness (QED) is 0.842. The number of pyridine rings is 1. The Kier molecular flexibility index (Phi) is 5.30. The fourth-order valence-corrected chi connectivity index (χ4v) is 2.38. The van der Waals surface area contributed by atoms with Crippen LogP contribution in [-0.4, -0.2) is 21.3 Å². The van der Waals surface area contributed by atoms with Gasteiger partial charge >= 0.3 is 0 Å². The molecule has 0 aliphatic carbocycles. The Bertz CT molecular complexity index is 533. The third-order valence-electron chi connectivity index (χ3n) is 3.41. The van der Waals surface area contributed by atoms with E-state index in [2.05, 4.69) is 48.4 Å². The van der Waals surface area contributed by atoms with Gasteiger partial charge in [0.05, 0.1) is 12.2 Å². The van der Waals surface area contributed by atoms with Gasteiger partial charge in [-0.15, -0.1) is 0 Å². The summed E-state index contributed by atoms with van der Waals surface area (Å²) in [5.41, 5.74) is 3.72. The molecule has 0 aliphatic heterocycles. The first-order chi connectivity index (χ1) is 9.76. The van der Waals surface area contributed by atoms with Gasteiger partial charge in [-0.1, -0.05) is 13.8 Å². The molecule has 2 aromatic heterocycles. The first-order valence-electron chi connectivity index (χ1n) is 7.42. The van der Waals surface area contributed by atoms with Crippen molar-refractivity contribution >= 4 is 0 Å². The standard InChI is InChI=1S/C16H24N4/c1-4-7-18-16(15-6-8-17-10-13(15)3)14-11-19-20(12-14)9-5-2/h6,8,10-12,16,18H,4-5,7,9H2,1-3H3. The molecule has 108 valence electrons. The van der Waals surface area contributed by atoms with E-state index >= 15 is 0 Å². The SMILES string of the molecule is CCCNC(c1cnn(CCC)c1)c1ccncc1C. The van der Waals surface area contributed by atoms with Gasteiger partial charge in [-0.25, -0.2) is 0 Å². The van der Waals surface area contributed by atoms with Crippen LogP contribution >= 0.6 is 0 Å². The Labute approximate surface area is 121 Å². The largest absolute Gasteiger partial charge is 0.306 e. The van der Waals surface area contributed by atoms with Gasteiger partial charge in [0.15, 0.2) is 0 Å². The van der Waals surface area contributed by atoms with E-state index in [1.807, 2.05) is 23.3 Å². The number of aryl methyl sites for hydroxylation is 2. The molecule has 0 fully saturated rings. The Morgan fingerprint density at radius 3 is 2.80 bits per heavy atom. The molecule has 0 spiro atoms. The lowest BCUT2D eigenvalue weighted by atomic mass is 9.98. The van der Waals surface area contributed by atoms with Crippen LogP contribution in [-0.2, 0) is 6.54 Å². The van der Waals surface area contributed by atoms with Gasteiger partial charge in [0, 0.05) is 30.7 Å². The number of nitrogens with one attached hydrogen (secondary N) is 1. The van der Waals surface area contributed by atoms with Crippen LogP contribution in [0.25, 0.3) is 0 Å². The minimum absolute atomic E-state index is 0.198. The predicted octanol–water partition coefficient (Wildman–Crippen LogP) is 3.09. The van der Waals surface area contributed by atoms with E-state index in [4.69, 9.17) is 0 Å². The molecule has 1 N–H and O–H groups in total. The second-order valence-corrected chi connectivity index (χ2v) is 5.16. The van der Waals surface area contributed by atoms with E-state index in [0.717, 1.165) is 25.9 Å². The second kappa shape index (κ2) is 7.20. The highest BCUT2D eigenvalue weighted by molar-refractivity contribution is 5.33. The van der Waals surface area contributed by atoms with Crippen molar-refractivity contribution < 1.29 is 0 Å². The Morgan fingerprint density at radius 2 is 2.10 bits per heavy atom. The molecule has 2 heterocycles. The van der Waals surface area contributed by atoms with E-state index in [9.17, 15) is 0 Å². The normalized spacial score (nSPS) is 12.6. The van der Waals surface area contributed by atoms with E-state index < -0.39 is 0 Å². The number of rotatable bonds is 7. The van der Waals surface area contributed by atoms with Crippen LogP contribution in [0, 0.1) is 6.92 Å².